The third-order valence-electron chi connectivity index (χ3n) is 4.73. The Hall–Kier alpha value is -2.49. The van der Waals surface area contributed by atoms with Crippen molar-refractivity contribution >= 4 is 55.7 Å². The van der Waals surface area contributed by atoms with Crippen molar-refractivity contribution in [2.45, 2.75) is 24.4 Å². The maximum atomic E-state index is 13.5. The fraction of sp³-hybridized carbons (Fsp3) is 0.200. The van der Waals surface area contributed by atoms with E-state index in [1.165, 1.54) is 28.0 Å². The Labute approximate surface area is 178 Å². The van der Waals surface area contributed by atoms with Gasteiger partial charge in [-0.3, -0.25) is 14.2 Å². The van der Waals surface area contributed by atoms with Crippen LogP contribution in [0.4, 0.5) is 5.13 Å². The Balaban J connectivity index is 1.55. The average molecular weight is 441 g/mol. The molecule has 1 N–H and O–H groups in total. The minimum atomic E-state index is -0.174. The molecule has 1 aliphatic rings. The topological polar surface area (TPSA) is 76.9 Å². The summed E-state index contributed by atoms with van der Waals surface area (Å²) in [5, 5.41) is 6.41. The van der Waals surface area contributed by atoms with E-state index in [1.54, 1.807) is 27.5 Å². The van der Waals surface area contributed by atoms with Crippen LogP contribution in [-0.2, 0) is 17.6 Å². The second kappa shape index (κ2) is 7.74. The van der Waals surface area contributed by atoms with Gasteiger partial charge in [-0.1, -0.05) is 30.0 Å². The maximum Gasteiger partial charge on any atom is 0.267 e. The zero-order valence-corrected chi connectivity index (χ0v) is 17.7. The molecule has 5 rings (SSSR count). The van der Waals surface area contributed by atoms with E-state index in [4.69, 9.17) is 4.98 Å². The van der Waals surface area contributed by atoms with Gasteiger partial charge in [-0.05, 0) is 37.0 Å². The van der Waals surface area contributed by atoms with Crippen molar-refractivity contribution in [2.24, 2.45) is 0 Å². The van der Waals surface area contributed by atoms with Gasteiger partial charge in [0.05, 0.1) is 16.8 Å². The van der Waals surface area contributed by atoms with Crippen LogP contribution in [0.3, 0.4) is 0 Å². The number of rotatable bonds is 5. The fourth-order valence-electron chi connectivity index (χ4n) is 3.50. The monoisotopic (exact) mass is 440 g/mol. The molecule has 9 heteroatoms. The number of aryl methyl sites for hydroxylation is 2. The molecule has 1 amide bonds. The first-order valence-electron chi connectivity index (χ1n) is 9.15. The van der Waals surface area contributed by atoms with E-state index < -0.39 is 0 Å². The van der Waals surface area contributed by atoms with Crippen LogP contribution in [0.1, 0.15) is 16.9 Å². The van der Waals surface area contributed by atoms with Gasteiger partial charge in [-0.2, -0.15) is 0 Å². The summed E-state index contributed by atoms with van der Waals surface area (Å²) in [7, 11) is 0. The van der Waals surface area contributed by atoms with Crippen molar-refractivity contribution in [2.75, 3.05) is 11.1 Å². The first kappa shape index (κ1) is 18.5. The molecule has 0 bridgehead atoms. The molecule has 0 saturated carbocycles. The van der Waals surface area contributed by atoms with Gasteiger partial charge in [0.25, 0.3) is 5.56 Å². The number of thiophene rings is 1. The number of fused-ring (bicyclic) bond motifs is 3. The number of hydrogen-bond acceptors (Lipinski definition) is 7. The summed E-state index contributed by atoms with van der Waals surface area (Å²) in [6.07, 6.45) is 4.69. The molecule has 3 heterocycles. The van der Waals surface area contributed by atoms with E-state index in [-0.39, 0.29) is 17.2 Å². The van der Waals surface area contributed by atoms with Gasteiger partial charge in [0, 0.05) is 16.5 Å². The standard InChI is InChI=1S/C20H16N4O2S3/c25-15(22-19-21-9-10-27-19)11-28-20-23-17-16(13-7-4-8-14(13)29-17)18(26)24(20)12-5-2-1-3-6-12/h1-3,5-6,9-10H,4,7-8,11H2,(H,21,22,25). The number of carbonyl (C=O) groups is 1. The lowest BCUT2D eigenvalue weighted by Gasteiger charge is -2.12. The van der Waals surface area contributed by atoms with Crippen molar-refractivity contribution in [3.8, 4) is 5.69 Å². The highest BCUT2D eigenvalue weighted by molar-refractivity contribution is 7.99. The molecule has 4 aromatic rings. The van der Waals surface area contributed by atoms with Crippen LogP contribution in [0.25, 0.3) is 15.9 Å². The smallest absolute Gasteiger partial charge is 0.267 e. The van der Waals surface area contributed by atoms with Gasteiger partial charge in [0.1, 0.15) is 4.83 Å². The lowest BCUT2D eigenvalue weighted by Crippen LogP contribution is -2.23. The lowest BCUT2D eigenvalue weighted by molar-refractivity contribution is -0.113. The quantitative estimate of drug-likeness (QED) is 0.373. The average Bonchev–Trinajstić information content (AvgIpc) is 3.44. The molecule has 0 saturated heterocycles. The summed E-state index contributed by atoms with van der Waals surface area (Å²) in [6, 6.07) is 9.49. The van der Waals surface area contributed by atoms with Gasteiger partial charge >= 0.3 is 0 Å². The molecule has 0 aliphatic heterocycles. The number of hydrogen-bond donors (Lipinski definition) is 1. The molecule has 0 radical (unpaired) electrons. The molecule has 3 aromatic heterocycles. The first-order valence-corrected chi connectivity index (χ1v) is 11.8. The Bertz CT molecular complexity index is 1250. The predicted octanol–water partition coefficient (Wildman–Crippen LogP) is 4.12. The number of thiazole rings is 1. The van der Waals surface area contributed by atoms with Gasteiger partial charge in [0.15, 0.2) is 10.3 Å². The highest BCUT2D eigenvalue weighted by Gasteiger charge is 2.24. The third kappa shape index (κ3) is 3.50. The van der Waals surface area contributed by atoms with Crippen molar-refractivity contribution in [3.05, 3.63) is 62.7 Å². The molecule has 146 valence electrons. The fourth-order valence-corrected chi connectivity index (χ4v) is 6.16. The predicted molar refractivity (Wildman–Crippen MR) is 119 cm³/mol. The minimum absolute atomic E-state index is 0.0524. The number of amides is 1. The summed E-state index contributed by atoms with van der Waals surface area (Å²) >= 11 is 4.24. The van der Waals surface area contributed by atoms with Crippen molar-refractivity contribution < 1.29 is 4.79 Å². The summed E-state index contributed by atoms with van der Waals surface area (Å²) in [4.78, 5) is 36.7. The van der Waals surface area contributed by atoms with Crippen LogP contribution in [0.5, 0.6) is 0 Å². The van der Waals surface area contributed by atoms with Crippen LogP contribution in [0, 0.1) is 0 Å². The second-order valence-electron chi connectivity index (χ2n) is 6.58. The zero-order valence-electron chi connectivity index (χ0n) is 15.3. The molecule has 0 spiro atoms. The summed E-state index contributed by atoms with van der Waals surface area (Å²) < 4.78 is 1.63. The lowest BCUT2D eigenvalue weighted by atomic mass is 10.2. The summed E-state index contributed by atoms with van der Waals surface area (Å²) in [5.74, 6) is -0.0253. The van der Waals surface area contributed by atoms with Crippen LogP contribution in [-0.4, -0.2) is 26.2 Å². The largest absolute Gasteiger partial charge is 0.301 e. The SMILES string of the molecule is O=C(CSc1nc2sc3c(c2c(=O)n1-c1ccccc1)CCC3)Nc1nccs1. The number of nitrogens with one attached hydrogen (secondary N) is 1. The van der Waals surface area contributed by atoms with Gasteiger partial charge < -0.3 is 5.32 Å². The first-order chi connectivity index (χ1) is 14.2. The van der Waals surface area contributed by atoms with E-state index in [9.17, 15) is 9.59 Å². The maximum absolute atomic E-state index is 13.5. The highest BCUT2D eigenvalue weighted by Crippen LogP contribution is 2.36. The number of nitrogens with zero attached hydrogens (tertiary/aromatic N) is 3. The normalized spacial score (nSPS) is 13.0. The molecule has 29 heavy (non-hydrogen) atoms. The Morgan fingerprint density at radius 1 is 1.24 bits per heavy atom. The third-order valence-corrected chi connectivity index (χ3v) is 7.55. The Kier molecular flexibility index (Phi) is 4.94. The molecule has 0 fully saturated rings. The highest BCUT2D eigenvalue weighted by atomic mass is 32.2. The van der Waals surface area contributed by atoms with Gasteiger partial charge in [-0.25, -0.2) is 9.97 Å². The summed E-state index contributed by atoms with van der Waals surface area (Å²) in [6.45, 7) is 0. The molecule has 6 nitrogen and oxygen atoms in total. The number of anilines is 1. The van der Waals surface area contributed by atoms with Crippen LogP contribution < -0.4 is 10.9 Å². The van der Waals surface area contributed by atoms with E-state index >= 15 is 0 Å². The number of benzene rings is 1. The van der Waals surface area contributed by atoms with Crippen LogP contribution >= 0.6 is 34.4 Å². The number of thioether (sulfide) groups is 1. The zero-order chi connectivity index (χ0) is 19.8. The summed E-state index contributed by atoms with van der Waals surface area (Å²) in [5.41, 5.74) is 1.86. The van der Waals surface area contributed by atoms with Crippen molar-refractivity contribution in [3.63, 3.8) is 0 Å². The minimum Gasteiger partial charge on any atom is -0.301 e. The molecule has 0 unspecified atom stereocenters. The molecular weight excluding hydrogens is 424 g/mol. The van der Waals surface area contributed by atoms with Crippen molar-refractivity contribution in [1.82, 2.24) is 14.5 Å². The number of aromatic nitrogens is 3. The second-order valence-corrected chi connectivity index (χ2v) is 9.50. The van der Waals surface area contributed by atoms with Gasteiger partial charge in [-0.15, -0.1) is 22.7 Å². The molecule has 1 aromatic carbocycles. The number of carbonyl (C=O) groups excluding carboxylic acids is 1. The van der Waals surface area contributed by atoms with Crippen LogP contribution in [0.2, 0.25) is 0 Å². The van der Waals surface area contributed by atoms with E-state index in [1.807, 2.05) is 30.3 Å². The Morgan fingerprint density at radius 3 is 2.90 bits per heavy atom. The van der Waals surface area contributed by atoms with E-state index in [0.717, 1.165) is 40.7 Å². The number of para-hydroxylation sites is 1. The molecular formula is C20H16N4O2S3. The van der Waals surface area contributed by atoms with Crippen molar-refractivity contribution in [1.29, 1.82) is 0 Å². The Morgan fingerprint density at radius 2 is 2.10 bits per heavy atom. The van der Waals surface area contributed by atoms with E-state index in [2.05, 4.69) is 10.3 Å². The molecule has 0 atom stereocenters. The van der Waals surface area contributed by atoms with E-state index in [0.29, 0.717) is 10.3 Å². The molecule has 1 aliphatic carbocycles. The van der Waals surface area contributed by atoms with Gasteiger partial charge in [0.2, 0.25) is 5.91 Å². The van der Waals surface area contributed by atoms with Crippen LogP contribution in [0.15, 0.2) is 51.9 Å².